The number of hydrogen-bond donors (Lipinski definition) is 0. The molecule has 0 aliphatic carbocycles. The second-order valence-electron chi connectivity index (χ2n) is 3.89. The van der Waals surface area contributed by atoms with E-state index in [-0.39, 0.29) is 6.10 Å². The second kappa shape index (κ2) is 6.16. The van der Waals surface area contributed by atoms with Crippen molar-refractivity contribution in [1.82, 2.24) is 0 Å². The molecule has 1 aromatic rings. The Labute approximate surface area is 98.5 Å². The van der Waals surface area contributed by atoms with Crippen molar-refractivity contribution in [3.63, 3.8) is 0 Å². The predicted molar refractivity (Wildman–Crippen MR) is 69.9 cm³/mol. The Kier molecular flexibility index (Phi) is 4.84. The molecule has 0 saturated carbocycles. The maximum absolute atomic E-state index is 5.93. The number of benzene rings is 1. The summed E-state index contributed by atoms with van der Waals surface area (Å²) in [6, 6.07) is 8.12. The molecule has 1 aromatic carbocycles. The van der Waals surface area contributed by atoms with Crippen LogP contribution in [0.2, 0.25) is 0 Å². The summed E-state index contributed by atoms with van der Waals surface area (Å²) in [6.07, 6.45) is 4.95. The lowest BCUT2D eigenvalue weighted by atomic mass is 10.1. The van der Waals surface area contributed by atoms with E-state index in [9.17, 15) is 0 Å². The third kappa shape index (κ3) is 3.27. The van der Waals surface area contributed by atoms with Crippen LogP contribution in [0.4, 0.5) is 0 Å². The van der Waals surface area contributed by atoms with E-state index in [1.54, 1.807) is 0 Å². The first-order chi connectivity index (χ1) is 7.69. The monoisotopic (exact) mass is 216 g/mol. The van der Waals surface area contributed by atoms with Crippen LogP contribution >= 0.6 is 0 Å². The van der Waals surface area contributed by atoms with Crippen molar-refractivity contribution >= 4 is 0 Å². The highest BCUT2D eigenvalue weighted by atomic mass is 16.5. The molecule has 0 amide bonds. The summed E-state index contributed by atoms with van der Waals surface area (Å²) in [5.41, 5.74) is 2.43. The van der Waals surface area contributed by atoms with Crippen LogP contribution in [-0.4, -0.2) is 6.10 Å². The summed E-state index contributed by atoms with van der Waals surface area (Å²) < 4.78 is 5.93. The predicted octanol–water partition coefficient (Wildman–Crippen LogP) is 4.15. The van der Waals surface area contributed by atoms with Gasteiger partial charge in [-0.05, 0) is 44.4 Å². The first-order valence-corrected chi connectivity index (χ1v) is 5.67. The zero-order chi connectivity index (χ0) is 12.0. The normalized spacial score (nSPS) is 13.3. The van der Waals surface area contributed by atoms with Gasteiger partial charge in [-0.3, -0.25) is 0 Å². The maximum atomic E-state index is 5.93. The third-order valence-corrected chi connectivity index (χ3v) is 2.74. The largest absolute Gasteiger partial charge is 0.486 e. The van der Waals surface area contributed by atoms with Gasteiger partial charge in [-0.2, -0.15) is 0 Å². The molecule has 0 heterocycles. The van der Waals surface area contributed by atoms with Crippen molar-refractivity contribution in [3.8, 4) is 5.75 Å². The molecule has 1 nitrogen and oxygen atoms in total. The van der Waals surface area contributed by atoms with E-state index in [2.05, 4.69) is 32.6 Å². The van der Waals surface area contributed by atoms with Crippen LogP contribution in [0, 0.1) is 0 Å². The molecule has 1 atom stereocenters. The van der Waals surface area contributed by atoms with E-state index >= 15 is 0 Å². The van der Waals surface area contributed by atoms with Gasteiger partial charge >= 0.3 is 0 Å². The molecule has 0 bridgehead atoms. The van der Waals surface area contributed by atoms with Crippen LogP contribution in [0.15, 0.2) is 48.6 Å². The number of para-hydroxylation sites is 1. The molecule has 1 unspecified atom stereocenters. The molecule has 86 valence electrons. The Morgan fingerprint density at radius 2 is 2.12 bits per heavy atom. The van der Waals surface area contributed by atoms with E-state index < -0.39 is 0 Å². The van der Waals surface area contributed by atoms with Gasteiger partial charge in [0.2, 0.25) is 0 Å². The SMILES string of the molecule is C=CCc1ccccc1OC(C)/C(C)=C\C. The summed E-state index contributed by atoms with van der Waals surface area (Å²) in [5, 5.41) is 0. The van der Waals surface area contributed by atoms with Crippen LogP contribution in [0.25, 0.3) is 0 Å². The smallest absolute Gasteiger partial charge is 0.123 e. The highest BCUT2D eigenvalue weighted by molar-refractivity contribution is 5.35. The van der Waals surface area contributed by atoms with Gasteiger partial charge in [0.25, 0.3) is 0 Å². The fourth-order valence-electron chi connectivity index (χ4n) is 1.46. The molecular formula is C15H20O. The average molecular weight is 216 g/mol. The molecule has 0 aliphatic rings. The van der Waals surface area contributed by atoms with Crippen LogP contribution in [0.1, 0.15) is 26.3 Å². The third-order valence-electron chi connectivity index (χ3n) is 2.74. The topological polar surface area (TPSA) is 9.23 Å². The van der Waals surface area contributed by atoms with Crippen molar-refractivity contribution in [2.24, 2.45) is 0 Å². The summed E-state index contributed by atoms with van der Waals surface area (Å²) in [7, 11) is 0. The van der Waals surface area contributed by atoms with Gasteiger partial charge in [0.1, 0.15) is 11.9 Å². The lowest BCUT2D eigenvalue weighted by molar-refractivity contribution is 0.255. The minimum absolute atomic E-state index is 0.121. The van der Waals surface area contributed by atoms with Gasteiger partial charge in [-0.25, -0.2) is 0 Å². The van der Waals surface area contributed by atoms with Crippen LogP contribution < -0.4 is 4.74 Å². The molecule has 0 fully saturated rings. The minimum atomic E-state index is 0.121. The molecule has 1 rings (SSSR count). The maximum Gasteiger partial charge on any atom is 0.123 e. The summed E-state index contributed by atoms with van der Waals surface area (Å²) in [6.45, 7) is 9.95. The fraction of sp³-hybridized carbons (Fsp3) is 0.333. The van der Waals surface area contributed by atoms with Crippen LogP contribution in [0.5, 0.6) is 5.75 Å². The lowest BCUT2D eigenvalue weighted by Crippen LogP contribution is -2.13. The molecule has 0 aliphatic heterocycles. The van der Waals surface area contributed by atoms with Crippen molar-refractivity contribution in [2.75, 3.05) is 0 Å². The lowest BCUT2D eigenvalue weighted by Gasteiger charge is -2.17. The first kappa shape index (κ1) is 12.6. The zero-order valence-electron chi connectivity index (χ0n) is 10.4. The number of ether oxygens (including phenoxy) is 1. The van der Waals surface area contributed by atoms with Crippen LogP contribution in [0.3, 0.4) is 0 Å². The highest BCUT2D eigenvalue weighted by Crippen LogP contribution is 2.21. The Morgan fingerprint density at radius 1 is 1.44 bits per heavy atom. The summed E-state index contributed by atoms with van der Waals surface area (Å²) in [5.74, 6) is 0.955. The second-order valence-corrected chi connectivity index (χ2v) is 3.89. The fourth-order valence-corrected chi connectivity index (χ4v) is 1.46. The standard InChI is InChI=1S/C15H20O/c1-5-9-14-10-7-8-11-15(14)16-13(4)12(3)6-2/h5-8,10-11,13H,1,9H2,2-4H3/b12-6-. The molecule has 0 N–H and O–H groups in total. The van der Waals surface area contributed by atoms with Crippen molar-refractivity contribution in [1.29, 1.82) is 0 Å². The van der Waals surface area contributed by atoms with Gasteiger partial charge in [0.05, 0.1) is 0 Å². The molecule has 0 radical (unpaired) electrons. The molecule has 16 heavy (non-hydrogen) atoms. The highest BCUT2D eigenvalue weighted by Gasteiger charge is 2.07. The van der Waals surface area contributed by atoms with Crippen molar-refractivity contribution < 1.29 is 4.74 Å². The van der Waals surface area contributed by atoms with E-state index in [0.29, 0.717) is 0 Å². The first-order valence-electron chi connectivity index (χ1n) is 5.67. The van der Waals surface area contributed by atoms with Crippen molar-refractivity contribution in [3.05, 3.63) is 54.1 Å². The average Bonchev–Trinajstić information content (AvgIpc) is 2.31. The molecule has 0 aromatic heterocycles. The van der Waals surface area contributed by atoms with Crippen LogP contribution in [-0.2, 0) is 6.42 Å². The van der Waals surface area contributed by atoms with E-state index in [1.807, 2.05) is 31.2 Å². The Bertz CT molecular complexity index is 377. The summed E-state index contributed by atoms with van der Waals surface area (Å²) >= 11 is 0. The molecule has 0 spiro atoms. The zero-order valence-corrected chi connectivity index (χ0v) is 10.4. The van der Waals surface area contributed by atoms with Gasteiger partial charge < -0.3 is 4.74 Å². The molecular weight excluding hydrogens is 196 g/mol. The Balaban J connectivity index is 2.83. The number of rotatable bonds is 5. The van der Waals surface area contributed by atoms with E-state index in [4.69, 9.17) is 4.74 Å². The van der Waals surface area contributed by atoms with E-state index in [1.165, 1.54) is 11.1 Å². The van der Waals surface area contributed by atoms with E-state index in [0.717, 1.165) is 12.2 Å². The Hall–Kier alpha value is -1.50. The minimum Gasteiger partial charge on any atom is -0.486 e. The number of hydrogen-bond acceptors (Lipinski definition) is 1. The van der Waals surface area contributed by atoms with Gasteiger partial charge in [0.15, 0.2) is 0 Å². The van der Waals surface area contributed by atoms with Gasteiger partial charge in [0, 0.05) is 0 Å². The molecule has 1 heteroatoms. The quantitative estimate of drug-likeness (QED) is 0.672. The van der Waals surface area contributed by atoms with Gasteiger partial charge in [-0.1, -0.05) is 30.4 Å². The van der Waals surface area contributed by atoms with Crippen molar-refractivity contribution in [2.45, 2.75) is 33.3 Å². The Morgan fingerprint density at radius 3 is 2.75 bits per heavy atom. The number of allylic oxidation sites excluding steroid dienone is 2. The molecule has 0 saturated heterocycles. The summed E-state index contributed by atoms with van der Waals surface area (Å²) in [4.78, 5) is 0. The van der Waals surface area contributed by atoms with Gasteiger partial charge in [-0.15, -0.1) is 6.58 Å².